The third kappa shape index (κ3) is 6.05. The monoisotopic (exact) mass is 393 g/mol. The van der Waals surface area contributed by atoms with Crippen LogP contribution in [0.15, 0.2) is 36.4 Å². The molecule has 146 valence electrons. The summed E-state index contributed by atoms with van der Waals surface area (Å²) in [6, 6.07) is 11.0. The lowest BCUT2D eigenvalue weighted by Gasteiger charge is -2.16. The molecular formula is C20H26ClN2O4+. The van der Waals surface area contributed by atoms with Gasteiger partial charge in [0.05, 0.1) is 32.9 Å². The van der Waals surface area contributed by atoms with Crippen molar-refractivity contribution in [2.45, 2.75) is 13.5 Å². The number of anilines is 1. The lowest BCUT2D eigenvalue weighted by atomic mass is 10.2. The van der Waals surface area contributed by atoms with Gasteiger partial charge >= 0.3 is 0 Å². The maximum atomic E-state index is 12.3. The zero-order valence-corrected chi connectivity index (χ0v) is 16.9. The van der Waals surface area contributed by atoms with Crippen LogP contribution in [0.4, 0.5) is 5.69 Å². The van der Waals surface area contributed by atoms with Crippen LogP contribution in [0, 0.1) is 0 Å². The lowest BCUT2D eigenvalue weighted by Crippen LogP contribution is -3.08. The van der Waals surface area contributed by atoms with Gasteiger partial charge in [0.15, 0.2) is 18.0 Å². The third-order valence-electron chi connectivity index (χ3n) is 3.93. The molecule has 0 aliphatic carbocycles. The van der Waals surface area contributed by atoms with Gasteiger partial charge in [-0.3, -0.25) is 4.79 Å². The summed E-state index contributed by atoms with van der Waals surface area (Å²) in [6.45, 7) is 3.51. The van der Waals surface area contributed by atoms with Gasteiger partial charge in [0.25, 0.3) is 5.91 Å². The molecule has 1 amide bonds. The second kappa shape index (κ2) is 10.0. The second-order valence-electron chi connectivity index (χ2n) is 6.13. The fraction of sp³-hybridized carbons (Fsp3) is 0.350. The Hall–Kier alpha value is -2.44. The molecule has 2 aromatic carbocycles. The number of likely N-dealkylation sites (N-methyl/N-ethyl adjacent to an activating group) is 1. The van der Waals surface area contributed by atoms with Crippen LogP contribution in [0.1, 0.15) is 12.5 Å². The highest BCUT2D eigenvalue weighted by atomic mass is 35.5. The number of methoxy groups -OCH3 is 2. The summed E-state index contributed by atoms with van der Waals surface area (Å²) in [5.74, 6) is 1.89. The van der Waals surface area contributed by atoms with Crippen molar-refractivity contribution in [3.8, 4) is 17.2 Å². The van der Waals surface area contributed by atoms with E-state index in [0.717, 1.165) is 16.2 Å². The summed E-state index contributed by atoms with van der Waals surface area (Å²) in [5.41, 5.74) is 1.70. The molecule has 0 spiro atoms. The molecular weight excluding hydrogens is 368 g/mol. The minimum atomic E-state index is -0.0911. The molecule has 1 unspecified atom stereocenters. The highest BCUT2D eigenvalue weighted by molar-refractivity contribution is 6.32. The average Bonchev–Trinajstić information content (AvgIpc) is 2.63. The van der Waals surface area contributed by atoms with Crippen LogP contribution in [0.2, 0.25) is 5.02 Å². The largest absolute Gasteiger partial charge is 0.495 e. The van der Waals surface area contributed by atoms with E-state index < -0.39 is 0 Å². The Morgan fingerprint density at radius 1 is 1.07 bits per heavy atom. The van der Waals surface area contributed by atoms with Gasteiger partial charge in [-0.15, -0.1) is 0 Å². The van der Waals surface area contributed by atoms with E-state index in [1.54, 1.807) is 32.4 Å². The van der Waals surface area contributed by atoms with Gasteiger partial charge in [0, 0.05) is 11.3 Å². The molecule has 0 aromatic heterocycles. The first-order chi connectivity index (χ1) is 13.0. The summed E-state index contributed by atoms with van der Waals surface area (Å²) in [5, 5.41) is 3.31. The number of rotatable bonds is 9. The number of nitrogens with one attached hydrogen (secondary N) is 2. The van der Waals surface area contributed by atoms with Crippen LogP contribution < -0.4 is 24.4 Å². The van der Waals surface area contributed by atoms with Crippen LogP contribution >= 0.6 is 11.6 Å². The molecule has 2 N–H and O–H groups in total. The predicted molar refractivity (Wildman–Crippen MR) is 106 cm³/mol. The minimum Gasteiger partial charge on any atom is -0.495 e. The lowest BCUT2D eigenvalue weighted by molar-refractivity contribution is -0.885. The van der Waals surface area contributed by atoms with Crippen molar-refractivity contribution in [3.05, 3.63) is 47.0 Å². The zero-order chi connectivity index (χ0) is 19.8. The number of ether oxygens (including phenoxy) is 3. The van der Waals surface area contributed by atoms with Gasteiger partial charge in [0.1, 0.15) is 12.3 Å². The van der Waals surface area contributed by atoms with Crippen molar-refractivity contribution < 1.29 is 23.9 Å². The van der Waals surface area contributed by atoms with Gasteiger partial charge in [0.2, 0.25) is 0 Å². The van der Waals surface area contributed by atoms with E-state index in [1.165, 1.54) is 0 Å². The van der Waals surface area contributed by atoms with E-state index in [0.29, 0.717) is 41.9 Å². The Bertz CT molecular complexity index is 783. The standard InChI is InChI=1S/C20H25ClN2O4/c1-5-27-18-8-6-14(10-19(18)26-4)12-23(2)13-20(24)22-15-7-9-17(25-3)16(21)11-15/h6-11H,5,12-13H2,1-4H3,(H,22,24)/p+1. The number of hydrogen-bond donors (Lipinski definition) is 2. The first kappa shape index (κ1) is 20.9. The minimum absolute atomic E-state index is 0.0911. The normalized spacial score (nSPS) is 11.6. The van der Waals surface area contributed by atoms with Crippen molar-refractivity contribution in [2.24, 2.45) is 0 Å². The average molecular weight is 394 g/mol. The highest BCUT2D eigenvalue weighted by Crippen LogP contribution is 2.28. The molecule has 0 fully saturated rings. The van der Waals surface area contributed by atoms with Crippen molar-refractivity contribution in [2.75, 3.05) is 39.7 Å². The number of hydrogen-bond acceptors (Lipinski definition) is 4. The zero-order valence-electron chi connectivity index (χ0n) is 16.1. The molecule has 2 rings (SSSR count). The highest BCUT2D eigenvalue weighted by Gasteiger charge is 2.13. The van der Waals surface area contributed by atoms with Crippen molar-refractivity contribution in [3.63, 3.8) is 0 Å². The van der Waals surface area contributed by atoms with Gasteiger partial charge in [-0.1, -0.05) is 11.6 Å². The third-order valence-corrected chi connectivity index (χ3v) is 4.23. The fourth-order valence-corrected chi connectivity index (χ4v) is 2.99. The first-order valence-corrected chi connectivity index (χ1v) is 9.09. The van der Waals surface area contributed by atoms with Crippen molar-refractivity contribution in [1.82, 2.24) is 0 Å². The summed E-state index contributed by atoms with van der Waals surface area (Å²) in [6.07, 6.45) is 0. The van der Waals surface area contributed by atoms with Crippen LogP contribution in [-0.4, -0.2) is 40.3 Å². The second-order valence-corrected chi connectivity index (χ2v) is 6.53. The van der Waals surface area contributed by atoms with Crippen molar-refractivity contribution in [1.29, 1.82) is 0 Å². The van der Waals surface area contributed by atoms with Gasteiger partial charge in [-0.05, 0) is 43.3 Å². The van der Waals surface area contributed by atoms with Crippen LogP contribution in [0.5, 0.6) is 17.2 Å². The Kier molecular flexibility index (Phi) is 7.76. The molecule has 0 heterocycles. The Balaban J connectivity index is 1.93. The van der Waals surface area contributed by atoms with Gasteiger partial charge in [-0.25, -0.2) is 0 Å². The van der Waals surface area contributed by atoms with E-state index in [2.05, 4.69) is 5.32 Å². The Labute approximate surface area is 165 Å². The summed E-state index contributed by atoms with van der Waals surface area (Å²) >= 11 is 6.09. The molecule has 1 atom stereocenters. The van der Waals surface area contributed by atoms with E-state index in [-0.39, 0.29) is 5.91 Å². The molecule has 0 saturated heterocycles. The number of halogens is 1. The smallest absolute Gasteiger partial charge is 0.279 e. The topological polar surface area (TPSA) is 61.2 Å². The number of quaternary nitrogens is 1. The molecule has 2 aromatic rings. The Morgan fingerprint density at radius 2 is 1.78 bits per heavy atom. The van der Waals surface area contributed by atoms with E-state index in [1.807, 2.05) is 32.2 Å². The maximum Gasteiger partial charge on any atom is 0.279 e. The maximum absolute atomic E-state index is 12.3. The number of carbonyl (C=O) groups is 1. The van der Waals surface area contributed by atoms with E-state index >= 15 is 0 Å². The summed E-state index contributed by atoms with van der Waals surface area (Å²) in [7, 11) is 5.13. The molecule has 0 saturated carbocycles. The number of carbonyl (C=O) groups excluding carboxylic acids is 1. The van der Waals surface area contributed by atoms with Gasteiger partial charge in [-0.2, -0.15) is 0 Å². The number of benzene rings is 2. The first-order valence-electron chi connectivity index (χ1n) is 8.71. The summed E-state index contributed by atoms with van der Waals surface area (Å²) in [4.78, 5) is 13.3. The van der Waals surface area contributed by atoms with Crippen LogP contribution in [-0.2, 0) is 11.3 Å². The molecule has 0 bridgehead atoms. The molecule has 7 heteroatoms. The quantitative estimate of drug-likeness (QED) is 0.686. The summed E-state index contributed by atoms with van der Waals surface area (Å²) < 4.78 is 16.0. The molecule has 27 heavy (non-hydrogen) atoms. The number of amides is 1. The van der Waals surface area contributed by atoms with E-state index in [4.69, 9.17) is 25.8 Å². The Morgan fingerprint density at radius 3 is 2.41 bits per heavy atom. The van der Waals surface area contributed by atoms with E-state index in [9.17, 15) is 4.79 Å². The van der Waals surface area contributed by atoms with Crippen LogP contribution in [0.3, 0.4) is 0 Å². The fourth-order valence-electron chi connectivity index (χ4n) is 2.73. The predicted octanol–water partition coefficient (Wildman–Crippen LogP) is 2.41. The van der Waals surface area contributed by atoms with Crippen molar-refractivity contribution >= 4 is 23.2 Å². The molecule has 0 aliphatic rings. The van der Waals surface area contributed by atoms with Crippen LogP contribution in [0.25, 0.3) is 0 Å². The molecule has 0 radical (unpaired) electrons. The molecule has 6 nitrogen and oxygen atoms in total. The SMILES string of the molecule is CCOc1ccc(C[NH+](C)CC(=O)Nc2ccc(OC)c(Cl)c2)cc1OC. The molecule has 0 aliphatic heterocycles. The van der Waals surface area contributed by atoms with Gasteiger partial charge < -0.3 is 24.4 Å².